The summed E-state index contributed by atoms with van der Waals surface area (Å²) in [5.41, 5.74) is 1.13. The molecule has 2 N–H and O–H groups in total. The first kappa shape index (κ1) is 13.3. The lowest BCUT2D eigenvalue weighted by atomic mass is 10.2. The van der Waals surface area contributed by atoms with Crippen molar-refractivity contribution in [2.24, 2.45) is 0 Å². The van der Waals surface area contributed by atoms with Crippen LogP contribution in [0.2, 0.25) is 0 Å². The first-order chi connectivity index (χ1) is 10.0. The standard InChI is InChI=1S/C13H10N4O3S/c1-7-3-2-4-8(5-7)17-10(19)6-9(18)11(16-17)12-14-15-13(21)20-12/h2-6,18H,1H3,(H,15,21). The number of nitrogens with one attached hydrogen (secondary N) is 1. The van der Waals surface area contributed by atoms with Gasteiger partial charge < -0.3 is 9.52 Å². The minimum Gasteiger partial charge on any atom is -0.505 e. The van der Waals surface area contributed by atoms with Crippen molar-refractivity contribution in [2.75, 3.05) is 0 Å². The molecule has 0 bridgehead atoms. The van der Waals surface area contributed by atoms with Crippen LogP contribution in [0.1, 0.15) is 5.56 Å². The number of rotatable bonds is 2. The first-order valence-corrected chi connectivity index (χ1v) is 6.42. The van der Waals surface area contributed by atoms with Crippen molar-refractivity contribution in [3.05, 3.63) is 51.1 Å². The van der Waals surface area contributed by atoms with Gasteiger partial charge in [0, 0.05) is 6.07 Å². The van der Waals surface area contributed by atoms with Crippen molar-refractivity contribution in [3.8, 4) is 23.0 Å². The zero-order valence-electron chi connectivity index (χ0n) is 10.9. The molecule has 106 valence electrons. The second-order valence-electron chi connectivity index (χ2n) is 4.39. The highest BCUT2D eigenvalue weighted by Crippen LogP contribution is 2.23. The van der Waals surface area contributed by atoms with Gasteiger partial charge >= 0.3 is 0 Å². The van der Waals surface area contributed by atoms with Crippen LogP contribution in [0.4, 0.5) is 0 Å². The van der Waals surface area contributed by atoms with E-state index in [-0.39, 0.29) is 22.2 Å². The van der Waals surface area contributed by atoms with E-state index >= 15 is 0 Å². The molecule has 21 heavy (non-hydrogen) atoms. The number of aromatic amines is 1. The Kier molecular flexibility index (Phi) is 3.15. The number of hydrogen-bond donors (Lipinski definition) is 2. The van der Waals surface area contributed by atoms with Crippen LogP contribution in [0.5, 0.6) is 5.75 Å². The molecule has 0 amide bonds. The minimum absolute atomic E-state index is 0.0129. The van der Waals surface area contributed by atoms with E-state index in [0.717, 1.165) is 16.3 Å². The predicted octanol–water partition coefficient (Wildman–Crippen LogP) is 1.96. The molecule has 7 nitrogen and oxygen atoms in total. The highest BCUT2D eigenvalue weighted by atomic mass is 32.1. The molecule has 0 aliphatic rings. The van der Waals surface area contributed by atoms with Gasteiger partial charge in [-0.25, -0.2) is 5.10 Å². The van der Waals surface area contributed by atoms with E-state index in [2.05, 4.69) is 15.3 Å². The molecule has 8 heteroatoms. The smallest absolute Gasteiger partial charge is 0.284 e. The lowest BCUT2D eigenvalue weighted by molar-refractivity contribution is 0.463. The molecule has 0 spiro atoms. The molecule has 3 aromatic rings. The molecule has 3 rings (SSSR count). The van der Waals surface area contributed by atoms with Crippen LogP contribution in [0.15, 0.2) is 39.5 Å². The van der Waals surface area contributed by atoms with E-state index in [1.165, 1.54) is 0 Å². The normalized spacial score (nSPS) is 10.7. The van der Waals surface area contributed by atoms with Crippen molar-refractivity contribution >= 4 is 12.2 Å². The molecule has 0 saturated carbocycles. The fourth-order valence-electron chi connectivity index (χ4n) is 1.88. The Morgan fingerprint density at radius 1 is 1.38 bits per heavy atom. The molecule has 0 radical (unpaired) electrons. The van der Waals surface area contributed by atoms with Crippen molar-refractivity contribution in [1.82, 2.24) is 20.0 Å². The maximum absolute atomic E-state index is 12.0. The number of H-pyrrole nitrogens is 1. The Balaban J connectivity index is 2.23. The van der Waals surface area contributed by atoms with E-state index in [9.17, 15) is 9.90 Å². The van der Waals surface area contributed by atoms with Crippen LogP contribution >= 0.6 is 12.2 Å². The lowest BCUT2D eigenvalue weighted by Crippen LogP contribution is -2.20. The van der Waals surface area contributed by atoms with Crippen LogP contribution in [-0.4, -0.2) is 25.1 Å². The number of hydrogen-bond acceptors (Lipinski definition) is 6. The van der Waals surface area contributed by atoms with E-state index in [1.54, 1.807) is 12.1 Å². The minimum atomic E-state index is -0.462. The first-order valence-electron chi connectivity index (χ1n) is 6.01. The SMILES string of the molecule is Cc1cccc(-n2nc(-c3n[nH]c(=S)o3)c(O)cc2=O)c1. The zero-order chi connectivity index (χ0) is 15.0. The molecule has 2 heterocycles. The summed E-state index contributed by atoms with van der Waals surface area (Å²) in [6.07, 6.45) is 0. The summed E-state index contributed by atoms with van der Waals surface area (Å²) in [5, 5.41) is 20.2. The fourth-order valence-corrected chi connectivity index (χ4v) is 2.00. The maximum atomic E-state index is 12.0. The van der Waals surface area contributed by atoms with Crippen molar-refractivity contribution < 1.29 is 9.52 Å². The summed E-state index contributed by atoms with van der Waals surface area (Å²) in [5.74, 6) is -0.312. The number of aryl methyl sites for hydroxylation is 1. The molecular formula is C13H10N4O3S. The van der Waals surface area contributed by atoms with E-state index in [0.29, 0.717) is 5.69 Å². The molecular weight excluding hydrogens is 292 g/mol. The van der Waals surface area contributed by atoms with Gasteiger partial charge in [0.2, 0.25) is 0 Å². The van der Waals surface area contributed by atoms with Gasteiger partial charge in [-0.2, -0.15) is 9.78 Å². The summed E-state index contributed by atoms with van der Waals surface area (Å²) in [6, 6.07) is 8.31. The summed E-state index contributed by atoms with van der Waals surface area (Å²) < 4.78 is 6.28. The monoisotopic (exact) mass is 302 g/mol. The van der Waals surface area contributed by atoms with Gasteiger partial charge in [-0.15, -0.1) is 5.10 Å². The van der Waals surface area contributed by atoms with E-state index < -0.39 is 5.56 Å². The Morgan fingerprint density at radius 2 is 2.19 bits per heavy atom. The molecule has 0 aliphatic heterocycles. The van der Waals surface area contributed by atoms with Crippen LogP contribution in [0, 0.1) is 11.8 Å². The zero-order valence-corrected chi connectivity index (χ0v) is 11.7. The highest BCUT2D eigenvalue weighted by Gasteiger charge is 2.15. The molecule has 0 fully saturated rings. The quantitative estimate of drug-likeness (QED) is 0.702. The summed E-state index contributed by atoms with van der Waals surface area (Å²) in [7, 11) is 0. The number of aromatic nitrogens is 4. The third-order valence-electron chi connectivity index (χ3n) is 2.80. The average molecular weight is 302 g/mol. The summed E-state index contributed by atoms with van der Waals surface area (Å²) in [6.45, 7) is 1.91. The second-order valence-corrected chi connectivity index (χ2v) is 4.76. The van der Waals surface area contributed by atoms with Gasteiger partial charge in [-0.05, 0) is 36.8 Å². The Labute approximate surface area is 123 Å². The molecule has 0 aliphatic carbocycles. The third kappa shape index (κ3) is 2.48. The highest BCUT2D eigenvalue weighted by molar-refractivity contribution is 7.71. The van der Waals surface area contributed by atoms with Gasteiger partial charge in [-0.3, -0.25) is 4.79 Å². The van der Waals surface area contributed by atoms with Crippen molar-refractivity contribution in [1.29, 1.82) is 0 Å². The van der Waals surface area contributed by atoms with Gasteiger partial charge in [0.05, 0.1) is 5.69 Å². The fraction of sp³-hybridized carbons (Fsp3) is 0.0769. The molecule has 1 aromatic carbocycles. The Bertz CT molecular complexity index is 925. The average Bonchev–Trinajstić information content (AvgIpc) is 2.85. The van der Waals surface area contributed by atoms with Crippen molar-refractivity contribution in [2.45, 2.75) is 6.92 Å². The summed E-state index contributed by atoms with van der Waals surface area (Å²) in [4.78, 5) is 12.1. The number of aromatic hydroxyl groups is 1. The van der Waals surface area contributed by atoms with Crippen LogP contribution in [-0.2, 0) is 0 Å². The lowest BCUT2D eigenvalue weighted by Gasteiger charge is -2.07. The Hall–Kier alpha value is -2.74. The van der Waals surface area contributed by atoms with Crippen LogP contribution in [0.25, 0.3) is 17.3 Å². The number of nitrogens with zero attached hydrogens (tertiary/aromatic N) is 3. The van der Waals surface area contributed by atoms with E-state index in [4.69, 9.17) is 16.6 Å². The van der Waals surface area contributed by atoms with Gasteiger partial charge in [0.25, 0.3) is 16.3 Å². The largest absolute Gasteiger partial charge is 0.505 e. The van der Waals surface area contributed by atoms with Crippen molar-refractivity contribution in [3.63, 3.8) is 0 Å². The molecule has 2 aromatic heterocycles. The Morgan fingerprint density at radius 3 is 2.86 bits per heavy atom. The molecule has 0 unspecified atom stereocenters. The second kappa shape index (κ2) is 4.98. The van der Waals surface area contributed by atoms with Gasteiger partial charge in [0.15, 0.2) is 11.4 Å². The summed E-state index contributed by atoms with van der Waals surface area (Å²) >= 11 is 4.78. The maximum Gasteiger partial charge on any atom is 0.284 e. The third-order valence-corrected chi connectivity index (χ3v) is 2.97. The topological polar surface area (TPSA) is 96.9 Å². The van der Waals surface area contributed by atoms with Gasteiger partial charge in [-0.1, -0.05) is 12.1 Å². The van der Waals surface area contributed by atoms with E-state index in [1.807, 2.05) is 19.1 Å². The molecule has 0 atom stereocenters. The number of benzene rings is 1. The van der Waals surface area contributed by atoms with Crippen LogP contribution < -0.4 is 5.56 Å². The molecule has 0 saturated heterocycles. The predicted molar refractivity (Wildman–Crippen MR) is 76.9 cm³/mol. The van der Waals surface area contributed by atoms with Crippen LogP contribution in [0.3, 0.4) is 0 Å². The van der Waals surface area contributed by atoms with Gasteiger partial charge in [0.1, 0.15) is 0 Å².